The first-order valence-electron chi connectivity index (χ1n) is 8.42. The van der Waals surface area contributed by atoms with Gasteiger partial charge in [0.2, 0.25) is 0 Å². The second-order valence-electron chi connectivity index (χ2n) is 6.23. The Bertz CT molecular complexity index is 1210. The molecule has 4 aromatic rings. The highest BCUT2D eigenvalue weighted by atomic mass is 35.5. The van der Waals surface area contributed by atoms with E-state index in [-0.39, 0.29) is 4.90 Å². The predicted molar refractivity (Wildman–Crippen MR) is 114 cm³/mol. The molecular weight excluding hydrogens is 414 g/mol. The number of rotatable bonds is 5. The molecule has 0 saturated heterocycles. The van der Waals surface area contributed by atoms with Gasteiger partial charge in [0.15, 0.2) is 0 Å². The molecule has 28 heavy (non-hydrogen) atoms. The Labute approximate surface area is 172 Å². The van der Waals surface area contributed by atoms with E-state index in [9.17, 15) is 8.42 Å². The van der Waals surface area contributed by atoms with Crippen LogP contribution in [-0.4, -0.2) is 18.3 Å². The Morgan fingerprint density at radius 3 is 2.39 bits per heavy atom. The van der Waals surface area contributed by atoms with Crippen molar-refractivity contribution in [3.8, 4) is 21.8 Å². The van der Waals surface area contributed by atoms with Crippen LogP contribution in [0.3, 0.4) is 0 Å². The Balaban J connectivity index is 1.80. The molecule has 1 N–H and O–H groups in total. The first-order valence-corrected chi connectivity index (χ1v) is 11.2. The van der Waals surface area contributed by atoms with Gasteiger partial charge in [0.05, 0.1) is 15.5 Å². The molecule has 0 bridgehead atoms. The highest BCUT2D eigenvalue weighted by Gasteiger charge is 2.19. The van der Waals surface area contributed by atoms with Crippen LogP contribution in [0.5, 0.6) is 0 Å². The van der Waals surface area contributed by atoms with Gasteiger partial charge in [-0.05, 0) is 54.3 Å². The van der Waals surface area contributed by atoms with E-state index in [2.05, 4.69) is 9.93 Å². The van der Waals surface area contributed by atoms with Crippen molar-refractivity contribution in [2.45, 2.75) is 11.8 Å². The van der Waals surface area contributed by atoms with Crippen LogP contribution in [-0.2, 0) is 10.0 Å². The molecule has 0 amide bonds. The second kappa shape index (κ2) is 7.43. The van der Waals surface area contributed by atoms with E-state index in [0.29, 0.717) is 16.4 Å². The normalized spacial score (nSPS) is 11.5. The quantitative estimate of drug-likeness (QED) is 0.475. The highest BCUT2D eigenvalue weighted by Crippen LogP contribution is 2.31. The molecule has 0 spiro atoms. The molecule has 2 heterocycles. The maximum atomic E-state index is 12.8. The highest BCUT2D eigenvalue weighted by molar-refractivity contribution is 7.92. The van der Waals surface area contributed by atoms with Crippen molar-refractivity contribution >= 4 is 33.0 Å². The van der Waals surface area contributed by atoms with Crippen molar-refractivity contribution in [2.24, 2.45) is 0 Å². The van der Waals surface area contributed by atoms with Crippen molar-refractivity contribution in [1.29, 1.82) is 0 Å². The summed E-state index contributed by atoms with van der Waals surface area (Å²) in [5.74, 6) is 0. The SMILES string of the molecule is Cc1csc(-c2cc(-c3ccc(Cl)cc3)nn2NS(=O)(=O)c2ccccc2)c1. The molecule has 0 aliphatic rings. The molecule has 0 atom stereocenters. The summed E-state index contributed by atoms with van der Waals surface area (Å²) < 4.78 is 25.6. The largest absolute Gasteiger partial charge is 0.276 e. The lowest BCUT2D eigenvalue weighted by Crippen LogP contribution is -2.25. The van der Waals surface area contributed by atoms with E-state index >= 15 is 0 Å². The van der Waals surface area contributed by atoms with Crippen LogP contribution in [0, 0.1) is 6.92 Å². The van der Waals surface area contributed by atoms with Gasteiger partial charge in [-0.3, -0.25) is 0 Å². The molecule has 0 saturated carbocycles. The number of aryl methyl sites for hydroxylation is 1. The zero-order chi connectivity index (χ0) is 19.7. The first-order chi connectivity index (χ1) is 13.4. The summed E-state index contributed by atoms with van der Waals surface area (Å²) in [4.78, 5) is 4.98. The Kier molecular flexibility index (Phi) is 4.97. The summed E-state index contributed by atoms with van der Waals surface area (Å²) in [6.45, 7) is 1.99. The minimum atomic E-state index is -3.78. The predicted octanol–water partition coefficient (Wildman–Crippen LogP) is 5.17. The van der Waals surface area contributed by atoms with Crippen LogP contribution in [0.15, 0.2) is 77.0 Å². The molecule has 5 nitrogen and oxygen atoms in total. The molecule has 0 unspecified atom stereocenters. The van der Waals surface area contributed by atoms with Crippen LogP contribution < -0.4 is 4.83 Å². The molecule has 0 fully saturated rings. The zero-order valence-electron chi connectivity index (χ0n) is 14.8. The van der Waals surface area contributed by atoms with E-state index in [1.54, 1.807) is 42.5 Å². The maximum absolute atomic E-state index is 12.8. The van der Waals surface area contributed by atoms with Crippen molar-refractivity contribution in [3.63, 3.8) is 0 Å². The summed E-state index contributed by atoms with van der Waals surface area (Å²) in [5, 5.41) is 7.14. The molecule has 142 valence electrons. The first kappa shape index (κ1) is 18.7. The van der Waals surface area contributed by atoms with Gasteiger partial charge in [0.25, 0.3) is 10.0 Å². The van der Waals surface area contributed by atoms with Crippen molar-refractivity contribution in [3.05, 3.63) is 82.7 Å². The van der Waals surface area contributed by atoms with E-state index in [4.69, 9.17) is 11.6 Å². The number of thiophene rings is 1. The van der Waals surface area contributed by atoms with Gasteiger partial charge in [-0.15, -0.1) is 11.3 Å². The van der Waals surface area contributed by atoms with Crippen molar-refractivity contribution in [1.82, 2.24) is 9.89 Å². The van der Waals surface area contributed by atoms with Crippen LogP contribution in [0.1, 0.15) is 5.56 Å². The lowest BCUT2D eigenvalue weighted by Gasteiger charge is -2.10. The fraction of sp³-hybridized carbons (Fsp3) is 0.0500. The molecule has 4 rings (SSSR count). The van der Waals surface area contributed by atoms with Gasteiger partial charge in [0, 0.05) is 10.6 Å². The van der Waals surface area contributed by atoms with Gasteiger partial charge in [-0.25, -0.2) is 0 Å². The maximum Gasteiger partial charge on any atom is 0.276 e. The molecule has 2 aromatic carbocycles. The summed E-state index contributed by atoms with van der Waals surface area (Å²) in [7, 11) is -3.78. The van der Waals surface area contributed by atoms with Gasteiger partial charge in [-0.2, -0.15) is 23.1 Å². The lowest BCUT2D eigenvalue weighted by atomic mass is 10.1. The molecular formula is C20H16ClN3O2S2. The molecule has 2 aromatic heterocycles. The molecule has 0 aliphatic carbocycles. The average Bonchev–Trinajstić information content (AvgIpc) is 3.29. The molecule has 0 aliphatic heterocycles. The zero-order valence-corrected chi connectivity index (χ0v) is 17.2. The number of hydrogen-bond donors (Lipinski definition) is 1. The fourth-order valence-electron chi connectivity index (χ4n) is 2.72. The van der Waals surface area contributed by atoms with Crippen LogP contribution in [0.4, 0.5) is 0 Å². The minimum absolute atomic E-state index is 0.173. The van der Waals surface area contributed by atoms with Gasteiger partial charge < -0.3 is 0 Å². The lowest BCUT2D eigenvalue weighted by molar-refractivity contribution is 0.592. The Morgan fingerprint density at radius 1 is 1.04 bits per heavy atom. The smallest absolute Gasteiger partial charge is 0.200 e. The summed E-state index contributed by atoms with van der Waals surface area (Å²) in [6, 6.07) is 19.3. The number of nitrogens with one attached hydrogen (secondary N) is 1. The number of hydrogen-bond acceptors (Lipinski definition) is 4. The van der Waals surface area contributed by atoms with E-state index < -0.39 is 10.0 Å². The van der Waals surface area contributed by atoms with Crippen LogP contribution in [0.25, 0.3) is 21.8 Å². The Hall–Kier alpha value is -2.61. The Morgan fingerprint density at radius 2 is 1.75 bits per heavy atom. The summed E-state index contributed by atoms with van der Waals surface area (Å²) >= 11 is 7.51. The number of benzene rings is 2. The summed E-state index contributed by atoms with van der Waals surface area (Å²) in [6.07, 6.45) is 0. The number of nitrogens with zero attached hydrogens (tertiary/aromatic N) is 2. The van der Waals surface area contributed by atoms with Gasteiger partial charge >= 0.3 is 0 Å². The van der Waals surface area contributed by atoms with Gasteiger partial charge in [-0.1, -0.05) is 41.9 Å². The third kappa shape index (κ3) is 3.82. The van der Waals surface area contributed by atoms with E-state index in [1.165, 1.54) is 16.1 Å². The summed E-state index contributed by atoms with van der Waals surface area (Å²) in [5.41, 5.74) is 3.26. The molecule has 0 radical (unpaired) electrons. The number of halogens is 1. The monoisotopic (exact) mass is 429 g/mol. The third-order valence-electron chi connectivity index (χ3n) is 4.09. The van der Waals surface area contributed by atoms with E-state index in [0.717, 1.165) is 16.0 Å². The third-order valence-corrected chi connectivity index (χ3v) is 6.72. The minimum Gasteiger partial charge on any atom is -0.200 e. The van der Waals surface area contributed by atoms with Crippen LogP contribution >= 0.6 is 22.9 Å². The van der Waals surface area contributed by atoms with Crippen LogP contribution in [0.2, 0.25) is 5.02 Å². The molecule has 8 heteroatoms. The standard InChI is InChI=1S/C20H16ClN3O2S2/c1-14-11-20(27-13-14)19-12-18(15-7-9-16(21)10-8-15)22-24(19)23-28(25,26)17-5-3-2-4-6-17/h2-13,23H,1H3. The second-order valence-corrected chi connectivity index (χ2v) is 9.24. The number of aromatic nitrogens is 2. The van der Waals surface area contributed by atoms with E-state index in [1.807, 2.05) is 36.6 Å². The average molecular weight is 430 g/mol. The van der Waals surface area contributed by atoms with Gasteiger partial charge in [0.1, 0.15) is 5.69 Å². The topological polar surface area (TPSA) is 64.0 Å². The number of sulfonamides is 1. The fourth-order valence-corrected chi connectivity index (χ4v) is 4.73. The van der Waals surface area contributed by atoms with Crippen molar-refractivity contribution in [2.75, 3.05) is 4.83 Å². The van der Waals surface area contributed by atoms with Crippen molar-refractivity contribution < 1.29 is 8.42 Å².